The number of carbonyl (C=O) groups excluding carboxylic acids is 1. The van der Waals surface area contributed by atoms with Crippen molar-refractivity contribution in [2.45, 2.75) is 0 Å². The number of anilines is 1. The summed E-state index contributed by atoms with van der Waals surface area (Å²) < 4.78 is 0. The van der Waals surface area contributed by atoms with E-state index >= 15 is 0 Å². The van der Waals surface area contributed by atoms with Crippen molar-refractivity contribution in [3.05, 3.63) is 75.8 Å². The molecule has 0 saturated carbocycles. The summed E-state index contributed by atoms with van der Waals surface area (Å²) in [5.41, 5.74) is 2.20. The summed E-state index contributed by atoms with van der Waals surface area (Å²) >= 11 is 0. The molecule has 2 rings (SSSR count). The van der Waals surface area contributed by atoms with Gasteiger partial charge >= 0.3 is 5.97 Å². The van der Waals surface area contributed by atoms with E-state index in [9.17, 15) is 19.7 Å². The van der Waals surface area contributed by atoms with Crippen LogP contribution in [-0.4, -0.2) is 22.0 Å². The number of nitrogens with zero attached hydrogens (tertiary/aromatic N) is 2. The van der Waals surface area contributed by atoms with Crippen LogP contribution in [0, 0.1) is 10.1 Å². The molecule has 0 bridgehead atoms. The van der Waals surface area contributed by atoms with Gasteiger partial charge in [-0.05, 0) is 30.3 Å². The molecule has 0 aliphatic rings. The first-order chi connectivity index (χ1) is 10.5. The summed E-state index contributed by atoms with van der Waals surface area (Å²) in [7, 11) is 0. The van der Waals surface area contributed by atoms with Gasteiger partial charge in [0.2, 0.25) is 0 Å². The van der Waals surface area contributed by atoms with Gasteiger partial charge in [0, 0.05) is 10.7 Å². The first-order valence-electron chi connectivity index (χ1n) is 6.13. The molecule has 8 heteroatoms. The lowest BCUT2D eigenvalue weighted by atomic mass is 10.1. The van der Waals surface area contributed by atoms with E-state index in [2.05, 4.69) is 5.43 Å². The number of nitrogens with one attached hydrogen (secondary N) is 1. The SMILES string of the molecule is O=C(O)c1cccc(C(=O)NN(c2ccccc2)[N+](=O)[O-])c1. The van der Waals surface area contributed by atoms with Crippen LogP contribution in [0.3, 0.4) is 0 Å². The van der Waals surface area contributed by atoms with Gasteiger partial charge in [-0.3, -0.25) is 4.79 Å². The second-order valence-corrected chi connectivity index (χ2v) is 4.21. The molecule has 0 aliphatic heterocycles. The topological polar surface area (TPSA) is 113 Å². The molecule has 0 spiro atoms. The number of hydrogen-bond donors (Lipinski definition) is 2. The maximum Gasteiger partial charge on any atom is 0.335 e. The largest absolute Gasteiger partial charge is 0.478 e. The van der Waals surface area contributed by atoms with Crippen molar-refractivity contribution in [1.82, 2.24) is 5.43 Å². The molecule has 112 valence electrons. The molecule has 0 atom stereocenters. The third kappa shape index (κ3) is 3.37. The molecule has 0 aromatic heterocycles. The second-order valence-electron chi connectivity index (χ2n) is 4.21. The number of benzene rings is 2. The Balaban J connectivity index is 2.24. The Kier molecular flexibility index (Phi) is 4.33. The minimum atomic E-state index is -1.19. The summed E-state index contributed by atoms with van der Waals surface area (Å²) in [6.45, 7) is 0. The van der Waals surface area contributed by atoms with Gasteiger partial charge < -0.3 is 5.11 Å². The standard InChI is InChI=1S/C14H11N3O5/c18-13(10-5-4-6-11(9-10)14(19)20)15-16(17(21)22)12-7-2-1-3-8-12/h1-9H,(H,15,18)(H,19,20). The predicted molar refractivity (Wildman–Crippen MR) is 76.8 cm³/mol. The van der Waals surface area contributed by atoms with Gasteiger partial charge in [0.15, 0.2) is 5.03 Å². The fraction of sp³-hybridized carbons (Fsp3) is 0. The lowest BCUT2D eigenvalue weighted by Gasteiger charge is -2.14. The highest BCUT2D eigenvalue weighted by molar-refractivity contribution is 5.97. The summed E-state index contributed by atoms with van der Waals surface area (Å²) in [5, 5.41) is 19.6. The van der Waals surface area contributed by atoms with Crippen LogP contribution in [0.1, 0.15) is 20.7 Å². The van der Waals surface area contributed by atoms with Gasteiger partial charge in [-0.15, -0.1) is 0 Å². The Morgan fingerprint density at radius 1 is 1.05 bits per heavy atom. The molecular weight excluding hydrogens is 290 g/mol. The lowest BCUT2D eigenvalue weighted by Crippen LogP contribution is -2.46. The number of carbonyl (C=O) groups is 2. The number of hydrogen-bond acceptors (Lipinski definition) is 4. The predicted octanol–water partition coefficient (Wildman–Crippen LogP) is 1.73. The fourth-order valence-corrected chi connectivity index (χ4v) is 1.72. The minimum Gasteiger partial charge on any atom is -0.478 e. The van der Waals surface area contributed by atoms with Crippen LogP contribution in [0.2, 0.25) is 0 Å². The minimum absolute atomic E-state index is 0.00248. The summed E-state index contributed by atoms with van der Waals surface area (Å²) in [6, 6.07) is 13.0. The van der Waals surface area contributed by atoms with Crippen molar-refractivity contribution in [1.29, 1.82) is 0 Å². The fourth-order valence-electron chi connectivity index (χ4n) is 1.72. The number of aromatic carboxylic acids is 1. The molecule has 1 amide bonds. The third-order valence-electron chi connectivity index (χ3n) is 2.74. The van der Waals surface area contributed by atoms with Crippen LogP contribution in [-0.2, 0) is 0 Å². The molecule has 0 aliphatic carbocycles. The average molecular weight is 301 g/mol. The first kappa shape index (κ1) is 15.0. The van der Waals surface area contributed by atoms with Crippen molar-refractivity contribution in [3.8, 4) is 0 Å². The van der Waals surface area contributed by atoms with Crippen molar-refractivity contribution in [2.75, 3.05) is 5.12 Å². The quantitative estimate of drug-likeness (QED) is 0.642. The highest BCUT2D eigenvalue weighted by Gasteiger charge is 2.21. The van der Waals surface area contributed by atoms with Crippen LogP contribution in [0.25, 0.3) is 0 Å². The molecule has 0 radical (unpaired) electrons. The van der Waals surface area contributed by atoms with Gasteiger partial charge in [-0.2, -0.15) is 0 Å². The van der Waals surface area contributed by atoms with Crippen LogP contribution in [0.5, 0.6) is 0 Å². The monoisotopic (exact) mass is 301 g/mol. The summed E-state index contributed by atoms with van der Waals surface area (Å²) in [5.74, 6) is -1.98. The molecule has 8 nitrogen and oxygen atoms in total. The van der Waals surface area contributed by atoms with Gasteiger partial charge in [0.25, 0.3) is 5.91 Å². The molecule has 0 heterocycles. The average Bonchev–Trinajstić information content (AvgIpc) is 2.53. The highest BCUT2D eigenvalue weighted by atomic mass is 16.7. The van der Waals surface area contributed by atoms with E-state index < -0.39 is 16.9 Å². The van der Waals surface area contributed by atoms with E-state index in [0.717, 1.165) is 6.07 Å². The van der Waals surface area contributed by atoms with Crippen molar-refractivity contribution >= 4 is 17.6 Å². The third-order valence-corrected chi connectivity index (χ3v) is 2.74. The van der Waals surface area contributed by atoms with Crippen molar-refractivity contribution in [3.63, 3.8) is 0 Å². The Morgan fingerprint density at radius 3 is 2.27 bits per heavy atom. The molecular formula is C14H11N3O5. The molecule has 0 unspecified atom stereocenters. The van der Waals surface area contributed by atoms with Gasteiger partial charge in [0.1, 0.15) is 5.69 Å². The smallest absolute Gasteiger partial charge is 0.335 e. The number of nitro groups is 1. The van der Waals surface area contributed by atoms with E-state index in [0.29, 0.717) is 5.12 Å². The maximum atomic E-state index is 12.1. The zero-order valence-electron chi connectivity index (χ0n) is 11.2. The number of hydrazine groups is 2. The highest BCUT2D eigenvalue weighted by Crippen LogP contribution is 2.12. The van der Waals surface area contributed by atoms with E-state index in [1.807, 2.05) is 0 Å². The second kappa shape index (κ2) is 6.35. The lowest BCUT2D eigenvalue weighted by molar-refractivity contribution is -0.501. The molecule has 2 N–H and O–H groups in total. The van der Waals surface area contributed by atoms with Crippen LogP contribution >= 0.6 is 0 Å². The van der Waals surface area contributed by atoms with Crippen molar-refractivity contribution in [2.24, 2.45) is 0 Å². The Bertz CT molecular complexity index is 717. The Morgan fingerprint density at radius 2 is 1.68 bits per heavy atom. The maximum absolute atomic E-state index is 12.1. The number of para-hydroxylation sites is 1. The van der Waals surface area contributed by atoms with E-state index in [1.54, 1.807) is 18.2 Å². The van der Waals surface area contributed by atoms with E-state index in [-0.39, 0.29) is 16.8 Å². The number of carboxylic acids is 1. The molecule has 0 fully saturated rings. The summed E-state index contributed by atoms with van der Waals surface area (Å²) in [4.78, 5) is 34.0. The van der Waals surface area contributed by atoms with E-state index in [4.69, 9.17) is 5.11 Å². The number of amides is 1. The first-order valence-corrected chi connectivity index (χ1v) is 6.13. The van der Waals surface area contributed by atoms with E-state index in [1.165, 1.54) is 30.3 Å². The normalized spacial score (nSPS) is 9.82. The van der Waals surface area contributed by atoms with Crippen molar-refractivity contribution < 1.29 is 19.7 Å². The van der Waals surface area contributed by atoms with Gasteiger partial charge in [-0.25, -0.2) is 20.3 Å². The van der Waals surface area contributed by atoms with Crippen LogP contribution < -0.4 is 10.5 Å². The molecule has 0 saturated heterocycles. The number of rotatable bonds is 5. The summed E-state index contributed by atoms with van der Waals surface area (Å²) in [6.07, 6.45) is 0. The molecule has 22 heavy (non-hydrogen) atoms. The van der Waals surface area contributed by atoms with Crippen LogP contribution in [0.15, 0.2) is 54.6 Å². The zero-order chi connectivity index (χ0) is 16.1. The molecule has 2 aromatic carbocycles. The Labute approximate surface area is 124 Å². The van der Waals surface area contributed by atoms with Gasteiger partial charge in [-0.1, -0.05) is 24.3 Å². The zero-order valence-corrected chi connectivity index (χ0v) is 11.2. The molecule has 2 aromatic rings. The van der Waals surface area contributed by atoms with Crippen LogP contribution in [0.4, 0.5) is 5.69 Å². The van der Waals surface area contributed by atoms with Gasteiger partial charge in [0.05, 0.1) is 5.56 Å². The number of carboxylic acid groups (broad SMARTS) is 1. The Hall–Kier alpha value is -3.42.